The van der Waals surface area contributed by atoms with Gasteiger partial charge in [-0.1, -0.05) is 18.5 Å². The SMILES string of the molecule is C[C@@H]1C[C@@H]1C(=O)Nc1ccc(Cl)c(C(F)(F)F)c1. The minimum absolute atomic E-state index is 0.0879. The molecular weight excluding hydrogens is 267 g/mol. The molecule has 0 saturated heterocycles. The summed E-state index contributed by atoms with van der Waals surface area (Å²) in [7, 11) is 0. The highest BCUT2D eigenvalue weighted by Crippen LogP contribution is 2.39. The summed E-state index contributed by atoms with van der Waals surface area (Å²) in [5.74, 6) is -0.0210. The first-order valence-electron chi connectivity index (χ1n) is 5.46. The lowest BCUT2D eigenvalue weighted by atomic mass is 10.2. The monoisotopic (exact) mass is 277 g/mol. The van der Waals surface area contributed by atoms with E-state index in [1.807, 2.05) is 6.92 Å². The van der Waals surface area contributed by atoms with Crippen LogP contribution in [0.25, 0.3) is 0 Å². The minimum atomic E-state index is -4.52. The molecular formula is C12H11ClF3NO. The van der Waals surface area contributed by atoms with Crippen molar-refractivity contribution < 1.29 is 18.0 Å². The van der Waals surface area contributed by atoms with Crippen LogP contribution in [-0.4, -0.2) is 5.91 Å². The molecule has 1 aliphatic carbocycles. The van der Waals surface area contributed by atoms with Gasteiger partial charge in [0, 0.05) is 11.6 Å². The smallest absolute Gasteiger partial charge is 0.326 e. The normalized spacial score (nSPS) is 22.7. The number of benzene rings is 1. The molecule has 0 radical (unpaired) electrons. The van der Waals surface area contributed by atoms with Gasteiger partial charge in [-0.25, -0.2) is 0 Å². The Kier molecular flexibility index (Phi) is 3.27. The second kappa shape index (κ2) is 4.46. The molecule has 0 unspecified atom stereocenters. The van der Waals surface area contributed by atoms with Gasteiger partial charge >= 0.3 is 6.18 Å². The summed E-state index contributed by atoms with van der Waals surface area (Å²) in [6, 6.07) is 3.35. The van der Waals surface area contributed by atoms with Gasteiger partial charge < -0.3 is 5.32 Å². The Hall–Kier alpha value is -1.23. The Bertz CT molecular complexity index is 487. The molecule has 0 spiro atoms. The molecule has 98 valence electrons. The quantitative estimate of drug-likeness (QED) is 0.871. The lowest BCUT2D eigenvalue weighted by Crippen LogP contribution is -2.15. The number of halogens is 4. The number of hydrogen-bond donors (Lipinski definition) is 1. The molecule has 1 amide bonds. The van der Waals surface area contributed by atoms with Gasteiger partial charge in [-0.3, -0.25) is 4.79 Å². The van der Waals surface area contributed by atoms with Gasteiger partial charge in [-0.2, -0.15) is 13.2 Å². The average Bonchev–Trinajstić information content (AvgIpc) is 2.97. The topological polar surface area (TPSA) is 29.1 Å². The van der Waals surface area contributed by atoms with Gasteiger partial charge in [0.1, 0.15) is 0 Å². The maximum Gasteiger partial charge on any atom is 0.417 e. The highest BCUT2D eigenvalue weighted by atomic mass is 35.5. The summed E-state index contributed by atoms with van der Waals surface area (Å²) in [4.78, 5) is 11.6. The van der Waals surface area contributed by atoms with Crippen LogP contribution in [0.1, 0.15) is 18.9 Å². The van der Waals surface area contributed by atoms with Crippen LogP contribution in [0, 0.1) is 11.8 Å². The zero-order valence-corrected chi connectivity index (χ0v) is 10.3. The van der Waals surface area contributed by atoms with Crippen molar-refractivity contribution in [2.75, 3.05) is 5.32 Å². The average molecular weight is 278 g/mol. The summed E-state index contributed by atoms with van der Waals surface area (Å²) >= 11 is 5.48. The maximum absolute atomic E-state index is 12.6. The Morgan fingerprint density at radius 1 is 1.44 bits per heavy atom. The van der Waals surface area contributed by atoms with E-state index in [4.69, 9.17) is 11.6 Å². The van der Waals surface area contributed by atoms with E-state index in [0.717, 1.165) is 18.6 Å². The van der Waals surface area contributed by atoms with E-state index in [2.05, 4.69) is 5.32 Å². The molecule has 2 atom stereocenters. The van der Waals surface area contributed by atoms with E-state index in [1.165, 1.54) is 6.07 Å². The number of carbonyl (C=O) groups excluding carboxylic acids is 1. The first-order chi connectivity index (χ1) is 8.29. The highest BCUT2D eigenvalue weighted by Gasteiger charge is 2.39. The number of carbonyl (C=O) groups is 1. The number of alkyl halides is 3. The van der Waals surface area contributed by atoms with Crippen molar-refractivity contribution in [2.24, 2.45) is 11.8 Å². The maximum atomic E-state index is 12.6. The summed E-state index contributed by atoms with van der Waals surface area (Å²) in [6.07, 6.45) is -3.74. The van der Waals surface area contributed by atoms with E-state index in [0.29, 0.717) is 5.92 Å². The number of anilines is 1. The van der Waals surface area contributed by atoms with E-state index >= 15 is 0 Å². The number of nitrogens with one attached hydrogen (secondary N) is 1. The Morgan fingerprint density at radius 2 is 2.06 bits per heavy atom. The summed E-state index contributed by atoms with van der Waals surface area (Å²) in [5.41, 5.74) is -0.818. The molecule has 1 aromatic rings. The van der Waals surface area contributed by atoms with Crippen molar-refractivity contribution in [3.05, 3.63) is 28.8 Å². The molecule has 0 heterocycles. The molecule has 6 heteroatoms. The third kappa shape index (κ3) is 2.77. The zero-order chi connectivity index (χ0) is 13.5. The van der Waals surface area contributed by atoms with E-state index in [9.17, 15) is 18.0 Å². The molecule has 2 nitrogen and oxygen atoms in total. The lowest BCUT2D eigenvalue weighted by Gasteiger charge is -2.11. The fourth-order valence-electron chi connectivity index (χ4n) is 1.74. The zero-order valence-electron chi connectivity index (χ0n) is 9.51. The Morgan fingerprint density at radius 3 is 2.56 bits per heavy atom. The van der Waals surface area contributed by atoms with E-state index in [1.54, 1.807) is 0 Å². The van der Waals surface area contributed by atoms with Crippen molar-refractivity contribution in [3.63, 3.8) is 0 Å². The lowest BCUT2D eigenvalue weighted by molar-refractivity contribution is -0.137. The molecule has 1 aliphatic rings. The van der Waals surface area contributed by atoms with Crippen LogP contribution in [0.15, 0.2) is 18.2 Å². The van der Waals surface area contributed by atoms with Gasteiger partial charge in [-0.05, 0) is 30.5 Å². The fourth-order valence-corrected chi connectivity index (χ4v) is 1.97. The minimum Gasteiger partial charge on any atom is -0.326 e. The third-order valence-corrected chi connectivity index (χ3v) is 3.32. The Labute approximate surface area is 107 Å². The van der Waals surface area contributed by atoms with Gasteiger partial charge in [0.15, 0.2) is 0 Å². The second-order valence-corrected chi connectivity index (χ2v) is 4.91. The fraction of sp³-hybridized carbons (Fsp3) is 0.417. The molecule has 0 bridgehead atoms. The van der Waals surface area contributed by atoms with E-state index < -0.39 is 11.7 Å². The standard InChI is InChI=1S/C12H11ClF3NO/c1-6-4-8(6)11(18)17-7-2-3-10(13)9(5-7)12(14,15)16/h2-3,5-6,8H,4H2,1H3,(H,17,18)/t6-,8+/m1/s1. The van der Waals surface area contributed by atoms with Gasteiger partial charge in [0.25, 0.3) is 0 Å². The van der Waals surface area contributed by atoms with Crippen LogP contribution in [0.3, 0.4) is 0 Å². The second-order valence-electron chi connectivity index (χ2n) is 4.50. The van der Waals surface area contributed by atoms with Crippen LogP contribution in [0.2, 0.25) is 5.02 Å². The molecule has 1 aromatic carbocycles. The van der Waals surface area contributed by atoms with Crippen molar-refractivity contribution in [1.82, 2.24) is 0 Å². The van der Waals surface area contributed by atoms with Crippen LogP contribution in [0.5, 0.6) is 0 Å². The molecule has 18 heavy (non-hydrogen) atoms. The molecule has 2 rings (SSSR count). The number of hydrogen-bond acceptors (Lipinski definition) is 1. The molecule has 1 fully saturated rings. The molecule has 1 saturated carbocycles. The largest absolute Gasteiger partial charge is 0.417 e. The van der Waals surface area contributed by atoms with Gasteiger partial charge in [0.2, 0.25) is 5.91 Å². The van der Waals surface area contributed by atoms with E-state index in [-0.39, 0.29) is 22.5 Å². The summed E-state index contributed by atoms with van der Waals surface area (Å²) in [6.45, 7) is 1.92. The van der Waals surface area contributed by atoms with Crippen LogP contribution in [0.4, 0.5) is 18.9 Å². The van der Waals surface area contributed by atoms with Crippen LogP contribution < -0.4 is 5.32 Å². The van der Waals surface area contributed by atoms with Crippen molar-refractivity contribution in [1.29, 1.82) is 0 Å². The third-order valence-electron chi connectivity index (χ3n) is 2.99. The van der Waals surface area contributed by atoms with Gasteiger partial charge in [-0.15, -0.1) is 0 Å². The molecule has 0 aliphatic heterocycles. The first-order valence-corrected chi connectivity index (χ1v) is 5.84. The summed E-state index contributed by atoms with van der Waals surface area (Å²) < 4.78 is 37.8. The number of amides is 1. The number of rotatable bonds is 2. The van der Waals surface area contributed by atoms with Crippen LogP contribution in [-0.2, 0) is 11.0 Å². The van der Waals surface area contributed by atoms with Crippen molar-refractivity contribution in [3.8, 4) is 0 Å². The summed E-state index contributed by atoms with van der Waals surface area (Å²) in [5, 5.41) is 2.10. The first kappa shape index (κ1) is 13.2. The predicted octanol–water partition coefficient (Wildman–Crippen LogP) is 3.95. The predicted molar refractivity (Wildman–Crippen MR) is 62.4 cm³/mol. The highest BCUT2D eigenvalue weighted by molar-refractivity contribution is 6.31. The van der Waals surface area contributed by atoms with Crippen molar-refractivity contribution in [2.45, 2.75) is 19.5 Å². The molecule has 0 aromatic heterocycles. The molecule has 1 N–H and O–H groups in total. The van der Waals surface area contributed by atoms with Gasteiger partial charge in [0.05, 0.1) is 10.6 Å². The van der Waals surface area contributed by atoms with Crippen LogP contribution >= 0.6 is 11.6 Å². The Balaban J connectivity index is 2.17. The van der Waals surface area contributed by atoms with Crippen molar-refractivity contribution >= 4 is 23.2 Å².